The van der Waals surface area contributed by atoms with Gasteiger partial charge in [0.05, 0.1) is 13.7 Å². The lowest BCUT2D eigenvalue weighted by atomic mass is 10.3. The van der Waals surface area contributed by atoms with Crippen molar-refractivity contribution in [1.29, 1.82) is 0 Å². The smallest absolute Gasteiger partial charge is 0.270 e. The van der Waals surface area contributed by atoms with E-state index in [1.807, 2.05) is 31.2 Å². The standard InChI is InChI=1S/C21H29N5O3/c1-4-25-10-12-26(13-11-25)21-23-16(2)15-19(24-21)20(27)22-9-14-29-18-7-5-17(28-3)6-8-18/h5-8,15H,4,9-14H2,1-3H3,(H,22,27). The highest BCUT2D eigenvalue weighted by Gasteiger charge is 2.19. The molecule has 156 valence electrons. The predicted octanol–water partition coefficient (Wildman–Crippen LogP) is 1.74. The van der Waals surface area contributed by atoms with Gasteiger partial charge in [0.1, 0.15) is 23.8 Å². The molecular weight excluding hydrogens is 370 g/mol. The van der Waals surface area contributed by atoms with Crippen LogP contribution in [0.15, 0.2) is 30.3 Å². The number of anilines is 1. The Morgan fingerprint density at radius 1 is 1.10 bits per heavy atom. The van der Waals surface area contributed by atoms with E-state index in [0.29, 0.717) is 24.8 Å². The number of carbonyl (C=O) groups is 1. The zero-order valence-corrected chi connectivity index (χ0v) is 17.4. The summed E-state index contributed by atoms with van der Waals surface area (Å²) in [5.41, 5.74) is 1.17. The van der Waals surface area contributed by atoms with Gasteiger partial charge in [0, 0.05) is 31.9 Å². The van der Waals surface area contributed by atoms with Crippen LogP contribution in [-0.2, 0) is 0 Å². The molecule has 8 nitrogen and oxygen atoms in total. The van der Waals surface area contributed by atoms with Crippen LogP contribution in [0.5, 0.6) is 11.5 Å². The van der Waals surface area contributed by atoms with Crippen LogP contribution in [0.2, 0.25) is 0 Å². The van der Waals surface area contributed by atoms with Crippen molar-refractivity contribution in [2.24, 2.45) is 0 Å². The maximum atomic E-state index is 12.5. The molecule has 2 heterocycles. The fraction of sp³-hybridized carbons (Fsp3) is 0.476. The van der Waals surface area contributed by atoms with Crippen LogP contribution in [0.1, 0.15) is 23.1 Å². The molecule has 0 bridgehead atoms. The molecule has 0 aliphatic carbocycles. The number of benzene rings is 1. The molecule has 0 spiro atoms. The van der Waals surface area contributed by atoms with Crippen molar-refractivity contribution in [1.82, 2.24) is 20.2 Å². The fourth-order valence-electron chi connectivity index (χ4n) is 3.17. The lowest BCUT2D eigenvalue weighted by Gasteiger charge is -2.34. The summed E-state index contributed by atoms with van der Waals surface area (Å²) in [7, 11) is 1.62. The molecular formula is C21H29N5O3. The lowest BCUT2D eigenvalue weighted by Crippen LogP contribution is -2.47. The maximum absolute atomic E-state index is 12.5. The van der Waals surface area contributed by atoms with Crippen LogP contribution in [0.25, 0.3) is 0 Å². The van der Waals surface area contributed by atoms with Gasteiger partial charge in [0.2, 0.25) is 5.95 Å². The average Bonchev–Trinajstić information content (AvgIpc) is 2.76. The summed E-state index contributed by atoms with van der Waals surface area (Å²) in [6, 6.07) is 9.04. The number of amides is 1. The number of aryl methyl sites for hydroxylation is 1. The minimum Gasteiger partial charge on any atom is -0.497 e. The summed E-state index contributed by atoms with van der Waals surface area (Å²) < 4.78 is 10.8. The Balaban J connectivity index is 1.51. The van der Waals surface area contributed by atoms with Crippen LogP contribution in [0.3, 0.4) is 0 Å². The summed E-state index contributed by atoms with van der Waals surface area (Å²) in [5, 5.41) is 2.86. The number of carbonyl (C=O) groups excluding carboxylic acids is 1. The van der Waals surface area contributed by atoms with Gasteiger partial charge in [-0.25, -0.2) is 9.97 Å². The maximum Gasteiger partial charge on any atom is 0.270 e. The number of aromatic nitrogens is 2. The third-order valence-electron chi connectivity index (χ3n) is 4.89. The second-order valence-electron chi connectivity index (χ2n) is 6.90. The Hall–Kier alpha value is -2.87. The van der Waals surface area contributed by atoms with Gasteiger partial charge in [0.25, 0.3) is 5.91 Å². The number of hydrogen-bond donors (Lipinski definition) is 1. The molecule has 1 N–H and O–H groups in total. The number of hydrogen-bond acceptors (Lipinski definition) is 7. The molecule has 0 unspecified atom stereocenters. The van der Waals surface area contributed by atoms with Gasteiger partial charge in [-0.05, 0) is 43.8 Å². The highest BCUT2D eigenvalue weighted by molar-refractivity contribution is 5.92. The van der Waals surface area contributed by atoms with Gasteiger partial charge in [-0.2, -0.15) is 0 Å². The minimum atomic E-state index is -0.220. The number of nitrogens with zero attached hydrogens (tertiary/aromatic N) is 4. The monoisotopic (exact) mass is 399 g/mol. The Morgan fingerprint density at radius 2 is 1.79 bits per heavy atom. The largest absolute Gasteiger partial charge is 0.497 e. The highest BCUT2D eigenvalue weighted by Crippen LogP contribution is 2.17. The number of ether oxygens (including phenoxy) is 2. The van der Waals surface area contributed by atoms with Crippen molar-refractivity contribution < 1.29 is 14.3 Å². The van der Waals surface area contributed by atoms with Crippen molar-refractivity contribution in [3.8, 4) is 11.5 Å². The van der Waals surface area contributed by atoms with Gasteiger partial charge in [0.15, 0.2) is 0 Å². The van der Waals surface area contributed by atoms with Crippen LogP contribution in [-0.4, -0.2) is 73.8 Å². The molecule has 1 aromatic carbocycles. The Morgan fingerprint density at radius 3 is 2.45 bits per heavy atom. The Bertz CT molecular complexity index is 804. The van der Waals surface area contributed by atoms with E-state index < -0.39 is 0 Å². The summed E-state index contributed by atoms with van der Waals surface area (Å²) in [5.74, 6) is 1.91. The van der Waals surface area contributed by atoms with Crippen molar-refractivity contribution >= 4 is 11.9 Å². The van der Waals surface area contributed by atoms with Gasteiger partial charge in [-0.1, -0.05) is 6.92 Å². The highest BCUT2D eigenvalue weighted by atomic mass is 16.5. The third kappa shape index (κ3) is 5.80. The van der Waals surface area contributed by atoms with E-state index in [1.165, 1.54) is 0 Å². The Labute approximate surface area is 171 Å². The molecule has 1 amide bonds. The van der Waals surface area contributed by atoms with E-state index in [0.717, 1.165) is 49.9 Å². The first-order chi connectivity index (χ1) is 14.1. The van der Waals surface area contributed by atoms with Crippen LogP contribution in [0.4, 0.5) is 5.95 Å². The zero-order valence-electron chi connectivity index (χ0n) is 17.4. The minimum absolute atomic E-state index is 0.220. The molecule has 29 heavy (non-hydrogen) atoms. The van der Waals surface area contributed by atoms with E-state index in [1.54, 1.807) is 13.2 Å². The molecule has 8 heteroatoms. The van der Waals surface area contributed by atoms with E-state index in [4.69, 9.17) is 9.47 Å². The van der Waals surface area contributed by atoms with Crippen LogP contribution >= 0.6 is 0 Å². The second-order valence-corrected chi connectivity index (χ2v) is 6.90. The molecule has 1 aliphatic heterocycles. The van der Waals surface area contributed by atoms with Crippen LogP contribution in [0, 0.1) is 6.92 Å². The lowest BCUT2D eigenvalue weighted by molar-refractivity contribution is 0.0941. The van der Waals surface area contributed by atoms with E-state index in [-0.39, 0.29) is 5.91 Å². The Kier molecular flexibility index (Phi) is 7.24. The molecule has 3 rings (SSSR count). The van der Waals surface area contributed by atoms with Crippen LogP contribution < -0.4 is 19.7 Å². The van der Waals surface area contributed by atoms with Gasteiger partial charge >= 0.3 is 0 Å². The SMILES string of the molecule is CCN1CCN(c2nc(C)cc(C(=O)NCCOc3ccc(OC)cc3)n2)CC1. The zero-order chi connectivity index (χ0) is 20.6. The summed E-state index contributed by atoms with van der Waals surface area (Å²) >= 11 is 0. The number of piperazine rings is 1. The van der Waals surface area contributed by atoms with E-state index >= 15 is 0 Å². The normalized spacial score (nSPS) is 14.5. The molecule has 2 aromatic rings. The topological polar surface area (TPSA) is 79.8 Å². The van der Waals surface area contributed by atoms with Gasteiger partial charge < -0.3 is 24.6 Å². The number of rotatable bonds is 8. The van der Waals surface area contributed by atoms with Gasteiger partial charge in [-0.15, -0.1) is 0 Å². The molecule has 0 saturated carbocycles. The van der Waals surface area contributed by atoms with Crippen molar-refractivity contribution in [2.45, 2.75) is 13.8 Å². The first-order valence-corrected chi connectivity index (χ1v) is 9.97. The number of likely N-dealkylation sites (N-methyl/N-ethyl adjacent to an activating group) is 1. The number of methoxy groups -OCH3 is 1. The summed E-state index contributed by atoms with van der Waals surface area (Å²) in [6.45, 7) is 9.57. The molecule has 1 aromatic heterocycles. The quantitative estimate of drug-likeness (QED) is 0.678. The molecule has 1 fully saturated rings. The van der Waals surface area contributed by atoms with E-state index in [9.17, 15) is 4.79 Å². The first kappa shape index (κ1) is 20.9. The van der Waals surface area contributed by atoms with E-state index in [2.05, 4.69) is 32.0 Å². The molecule has 0 atom stereocenters. The predicted molar refractivity (Wildman–Crippen MR) is 112 cm³/mol. The summed E-state index contributed by atoms with van der Waals surface area (Å²) in [4.78, 5) is 26.1. The van der Waals surface area contributed by atoms with Gasteiger partial charge in [-0.3, -0.25) is 4.79 Å². The van der Waals surface area contributed by atoms with Crippen molar-refractivity contribution in [2.75, 3.05) is 57.9 Å². The van der Waals surface area contributed by atoms with Crippen molar-refractivity contribution in [3.05, 3.63) is 41.7 Å². The molecule has 1 aliphatic rings. The molecule has 1 saturated heterocycles. The first-order valence-electron chi connectivity index (χ1n) is 9.97. The molecule has 0 radical (unpaired) electrons. The third-order valence-corrected chi connectivity index (χ3v) is 4.89. The average molecular weight is 399 g/mol. The van der Waals surface area contributed by atoms with Crippen molar-refractivity contribution in [3.63, 3.8) is 0 Å². The summed E-state index contributed by atoms with van der Waals surface area (Å²) in [6.07, 6.45) is 0. The number of nitrogens with one attached hydrogen (secondary N) is 1. The fourth-order valence-corrected chi connectivity index (χ4v) is 3.17. The second kappa shape index (κ2) is 10.1.